The standard InChI is InChI=1S/C5H8O3.C3H4O2.C2H3Cl/c1-2-5(7)8-4-3-6;1-2-3(4)5;1-2-3/h2,6H,1,3-4H2;2H,1H2,(H,4,5);2H,1H2. The summed E-state index contributed by atoms with van der Waals surface area (Å²) in [4.78, 5) is 19.4. The molecule has 0 aliphatic rings. The number of carboxylic acids is 1. The molecule has 0 rings (SSSR count). The lowest BCUT2D eigenvalue weighted by Crippen LogP contribution is -2.04. The van der Waals surface area contributed by atoms with Gasteiger partial charge in [0.15, 0.2) is 0 Å². The van der Waals surface area contributed by atoms with E-state index in [0.29, 0.717) is 0 Å². The number of hydrogen-bond donors (Lipinski definition) is 2. The van der Waals surface area contributed by atoms with E-state index in [1.807, 2.05) is 0 Å². The molecule has 2 N–H and O–H groups in total. The van der Waals surface area contributed by atoms with Crippen LogP contribution in [0, 0.1) is 0 Å². The highest BCUT2D eigenvalue weighted by molar-refractivity contribution is 6.25. The van der Waals surface area contributed by atoms with Gasteiger partial charge in [0.2, 0.25) is 0 Å². The van der Waals surface area contributed by atoms with Crippen LogP contribution in [0.1, 0.15) is 0 Å². The van der Waals surface area contributed by atoms with Crippen molar-refractivity contribution >= 4 is 23.5 Å². The fourth-order valence-corrected chi connectivity index (χ4v) is 0.205. The molecule has 0 bridgehead atoms. The van der Waals surface area contributed by atoms with E-state index < -0.39 is 11.9 Å². The Morgan fingerprint density at radius 2 is 1.62 bits per heavy atom. The van der Waals surface area contributed by atoms with Crippen LogP contribution < -0.4 is 0 Å². The molecule has 0 amide bonds. The number of aliphatic hydroxyl groups excluding tert-OH is 1. The van der Waals surface area contributed by atoms with Gasteiger partial charge in [-0.3, -0.25) is 0 Å². The van der Waals surface area contributed by atoms with Crippen LogP contribution in [0.15, 0.2) is 37.4 Å². The summed E-state index contributed by atoms with van der Waals surface area (Å²) in [5.41, 5.74) is 1.22. The van der Waals surface area contributed by atoms with Crippen molar-refractivity contribution in [1.82, 2.24) is 0 Å². The summed E-state index contributed by atoms with van der Waals surface area (Å²) in [7, 11) is 0. The van der Waals surface area contributed by atoms with Crippen molar-refractivity contribution in [3.8, 4) is 0 Å². The van der Waals surface area contributed by atoms with E-state index >= 15 is 0 Å². The van der Waals surface area contributed by atoms with Crippen molar-refractivity contribution in [2.45, 2.75) is 0 Å². The van der Waals surface area contributed by atoms with Gasteiger partial charge in [-0.2, -0.15) is 0 Å². The SMILES string of the molecule is C=CC(=O)O.C=CC(=O)OCCO.C=CCl. The van der Waals surface area contributed by atoms with Gasteiger partial charge < -0.3 is 14.9 Å². The van der Waals surface area contributed by atoms with Gasteiger partial charge in [0.25, 0.3) is 0 Å². The lowest BCUT2D eigenvalue weighted by atomic mass is 10.6. The van der Waals surface area contributed by atoms with Crippen molar-refractivity contribution in [2.24, 2.45) is 0 Å². The Morgan fingerprint density at radius 3 is 1.81 bits per heavy atom. The van der Waals surface area contributed by atoms with Gasteiger partial charge >= 0.3 is 11.9 Å². The highest BCUT2D eigenvalue weighted by Crippen LogP contribution is 1.75. The monoisotopic (exact) mass is 250 g/mol. The molecule has 5 nitrogen and oxygen atoms in total. The summed E-state index contributed by atoms with van der Waals surface area (Å²) in [6, 6.07) is 0. The number of hydrogen-bond acceptors (Lipinski definition) is 4. The van der Waals surface area contributed by atoms with Crippen LogP contribution >= 0.6 is 11.6 Å². The Bertz CT molecular complexity index is 225. The van der Waals surface area contributed by atoms with Gasteiger partial charge in [0.1, 0.15) is 6.61 Å². The topological polar surface area (TPSA) is 83.8 Å². The molecular weight excluding hydrogens is 236 g/mol. The average Bonchev–Trinajstić information content (AvgIpc) is 2.27. The molecule has 0 heterocycles. The maximum atomic E-state index is 10.1. The third kappa shape index (κ3) is 39.3. The predicted molar refractivity (Wildman–Crippen MR) is 62.1 cm³/mol. The number of ether oxygens (including phenoxy) is 1. The number of aliphatic carboxylic acids is 1. The zero-order valence-electron chi connectivity index (χ0n) is 8.76. The maximum absolute atomic E-state index is 10.1. The molecule has 0 saturated heterocycles. The third-order valence-electron chi connectivity index (χ3n) is 0.677. The average molecular weight is 251 g/mol. The Hall–Kier alpha value is -1.59. The summed E-state index contributed by atoms with van der Waals surface area (Å²) in [6.07, 6.45) is 1.88. The number of aliphatic hydroxyl groups is 1. The summed E-state index contributed by atoms with van der Waals surface area (Å²) in [5.74, 6) is -1.48. The van der Waals surface area contributed by atoms with Gasteiger partial charge in [-0.05, 0) is 5.54 Å². The van der Waals surface area contributed by atoms with Crippen molar-refractivity contribution in [3.63, 3.8) is 0 Å². The largest absolute Gasteiger partial charge is 0.478 e. The van der Waals surface area contributed by atoms with Crippen LogP contribution in [-0.4, -0.2) is 35.4 Å². The van der Waals surface area contributed by atoms with E-state index in [1.54, 1.807) is 0 Å². The molecule has 92 valence electrons. The lowest BCUT2D eigenvalue weighted by molar-refractivity contribution is -0.138. The Labute approximate surface area is 99.3 Å². The Morgan fingerprint density at radius 1 is 1.25 bits per heavy atom. The minimum Gasteiger partial charge on any atom is -0.478 e. The maximum Gasteiger partial charge on any atom is 0.330 e. The minimum atomic E-state index is -0.981. The van der Waals surface area contributed by atoms with Crippen molar-refractivity contribution in [3.05, 3.63) is 37.4 Å². The summed E-state index contributed by atoms with van der Waals surface area (Å²) in [5, 5.41) is 15.7. The molecule has 0 aliphatic carbocycles. The zero-order chi connectivity index (χ0) is 13.4. The van der Waals surface area contributed by atoms with Gasteiger partial charge in [-0.15, -0.1) is 0 Å². The minimum absolute atomic E-state index is 0.0465. The fraction of sp³-hybridized carbons (Fsp3) is 0.200. The van der Waals surface area contributed by atoms with E-state index in [0.717, 1.165) is 12.2 Å². The quantitative estimate of drug-likeness (QED) is 0.581. The molecule has 6 heteroatoms. The highest BCUT2D eigenvalue weighted by Gasteiger charge is 1.90. The molecular formula is C10H15ClO5. The molecule has 0 aromatic heterocycles. The van der Waals surface area contributed by atoms with Gasteiger partial charge in [-0.25, -0.2) is 9.59 Å². The zero-order valence-corrected chi connectivity index (χ0v) is 9.52. The molecule has 0 spiro atoms. The number of halogens is 1. The fourth-order valence-electron chi connectivity index (χ4n) is 0.205. The number of carbonyl (C=O) groups is 2. The van der Waals surface area contributed by atoms with Crippen molar-refractivity contribution in [2.75, 3.05) is 13.2 Å². The Kier molecular flexibility index (Phi) is 23.7. The first kappa shape index (κ1) is 19.9. The molecule has 0 aliphatic heterocycles. The smallest absolute Gasteiger partial charge is 0.330 e. The second-order valence-corrected chi connectivity index (χ2v) is 2.10. The van der Waals surface area contributed by atoms with Crippen molar-refractivity contribution < 1.29 is 24.5 Å². The molecule has 0 atom stereocenters. The molecule has 0 unspecified atom stereocenters. The second kappa shape index (κ2) is 19.1. The van der Waals surface area contributed by atoms with Crippen molar-refractivity contribution in [1.29, 1.82) is 0 Å². The summed E-state index contributed by atoms with van der Waals surface area (Å²) >= 11 is 4.76. The first-order chi connectivity index (χ1) is 7.49. The molecule has 0 aromatic carbocycles. The third-order valence-corrected chi connectivity index (χ3v) is 0.677. The van der Waals surface area contributed by atoms with E-state index in [9.17, 15) is 9.59 Å². The molecule has 0 aromatic rings. The van der Waals surface area contributed by atoms with Crippen LogP contribution in [0.5, 0.6) is 0 Å². The molecule has 0 saturated carbocycles. The number of esters is 1. The second-order valence-electron chi connectivity index (χ2n) is 1.79. The first-order valence-corrected chi connectivity index (χ1v) is 4.40. The van der Waals surface area contributed by atoms with E-state index in [-0.39, 0.29) is 13.2 Å². The molecule has 0 radical (unpaired) electrons. The lowest BCUT2D eigenvalue weighted by Gasteiger charge is -1.94. The first-order valence-electron chi connectivity index (χ1n) is 3.96. The number of carboxylic acid groups (broad SMARTS) is 1. The predicted octanol–water partition coefficient (Wildman–Crippen LogP) is 1.33. The number of rotatable bonds is 4. The van der Waals surface area contributed by atoms with Crippen LogP contribution in [0.2, 0.25) is 0 Å². The van der Waals surface area contributed by atoms with Gasteiger partial charge in [0, 0.05) is 12.2 Å². The van der Waals surface area contributed by atoms with Gasteiger partial charge in [-0.1, -0.05) is 31.3 Å². The van der Waals surface area contributed by atoms with E-state index in [1.165, 1.54) is 5.54 Å². The highest BCUT2D eigenvalue weighted by atomic mass is 35.5. The molecule has 16 heavy (non-hydrogen) atoms. The normalized spacial score (nSPS) is 6.88. The van der Waals surface area contributed by atoms with E-state index in [4.69, 9.17) is 21.8 Å². The number of carbonyl (C=O) groups excluding carboxylic acids is 1. The summed E-state index contributed by atoms with van der Waals surface area (Å²) < 4.78 is 4.33. The Balaban J connectivity index is -0.000000181. The van der Waals surface area contributed by atoms with Crippen LogP contribution in [0.25, 0.3) is 0 Å². The summed E-state index contributed by atoms with van der Waals surface area (Å²) in [6.45, 7) is 9.15. The molecule has 0 fully saturated rings. The van der Waals surface area contributed by atoms with Crippen LogP contribution in [-0.2, 0) is 14.3 Å². The van der Waals surface area contributed by atoms with E-state index in [2.05, 4.69) is 24.5 Å². The van der Waals surface area contributed by atoms with Crippen LogP contribution in [0.4, 0.5) is 0 Å². The van der Waals surface area contributed by atoms with Crippen LogP contribution in [0.3, 0.4) is 0 Å². The van der Waals surface area contributed by atoms with Gasteiger partial charge in [0.05, 0.1) is 6.61 Å².